The molecule has 2 atom stereocenters. The molecule has 2 amide bonds. The van der Waals surface area contributed by atoms with E-state index in [1.54, 1.807) is 6.07 Å². The Morgan fingerprint density at radius 1 is 1.21 bits per heavy atom. The van der Waals surface area contributed by atoms with Crippen molar-refractivity contribution in [2.45, 2.75) is 43.8 Å². The molecule has 0 aromatic heterocycles. The predicted octanol–water partition coefficient (Wildman–Crippen LogP) is 3.12. The van der Waals surface area contributed by atoms with Crippen molar-refractivity contribution in [3.8, 4) is 0 Å². The molecule has 0 heterocycles. The van der Waals surface area contributed by atoms with Gasteiger partial charge in [0, 0.05) is 18.5 Å². The number of aliphatic carboxylic acids is 1. The Morgan fingerprint density at radius 2 is 1.92 bits per heavy atom. The van der Waals surface area contributed by atoms with E-state index in [0.29, 0.717) is 12.8 Å². The fraction of sp³-hybridized carbons (Fsp3) is 0.500. The van der Waals surface area contributed by atoms with Crippen molar-refractivity contribution >= 4 is 12.0 Å². The summed E-state index contributed by atoms with van der Waals surface area (Å²) in [6, 6.07) is 4.46. The highest BCUT2D eigenvalue weighted by atomic mass is 19.4. The van der Waals surface area contributed by atoms with Crippen molar-refractivity contribution in [1.29, 1.82) is 0 Å². The smallest absolute Gasteiger partial charge is 0.416 e. The summed E-state index contributed by atoms with van der Waals surface area (Å²) in [5, 5.41) is 13.6. The van der Waals surface area contributed by atoms with Crippen LogP contribution in [0.25, 0.3) is 0 Å². The zero-order valence-corrected chi connectivity index (χ0v) is 12.9. The monoisotopic (exact) mass is 344 g/mol. The Balaban J connectivity index is 2.06. The van der Waals surface area contributed by atoms with Crippen molar-refractivity contribution in [1.82, 2.24) is 10.6 Å². The summed E-state index contributed by atoms with van der Waals surface area (Å²) in [5.41, 5.74) is -0.478. The maximum atomic E-state index is 13.2. The fourth-order valence-corrected chi connectivity index (χ4v) is 3.09. The van der Waals surface area contributed by atoms with Gasteiger partial charge < -0.3 is 15.7 Å². The first-order chi connectivity index (χ1) is 11.3. The molecule has 1 aromatic carbocycles. The van der Waals surface area contributed by atoms with Crippen molar-refractivity contribution in [2.75, 3.05) is 6.54 Å². The molecule has 1 aromatic rings. The number of hydrogen-bond acceptors (Lipinski definition) is 2. The largest absolute Gasteiger partial charge is 0.481 e. The first-order valence-corrected chi connectivity index (χ1v) is 7.71. The Kier molecular flexibility index (Phi) is 5.69. The van der Waals surface area contributed by atoms with Crippen molar-refractivity contribution in [3.63, 3.8) is 0 Å². The van der Waals surface area contributed by atoms with E-state index in [1.165, 1.54) is 12.1 Å². The number of alkyl halides is 3. The van der Waals surface area contributed by atoms with Gasteiger partial charge >= 0.3 is 18.2 Å². The number of carbonyl (C=O) groups excluding carboxylic acids is 1. The summed E-state index contributed by atoms with van der Waals surface area (Å²) in [6.07, 6.45) is -2.78. The number of nitrogens with one attached hydrogen (secondary N) is 2. The number of hydrogen-bond donors (Lipinski definition) is 3. The first-order valence-electron chi connectivity index (χ1n) is 7.71. The second-order valence-corrected chi connectivity index (χ2v) is 5.77. The lowest BCUT2D eigenvalue weighted by molar-refractivity contribution is -0.138. The maximum Gasteiger partial charge on any atom is 0.416 e. The molecule has 3 N–H and O–H groups in total. The van der Waals surface area contributed by atoms with Crippen LogP contribution in [-0.2, 0) is 11.0 Å². The Bertz CT molecular complexity index is 604. The molecule has 24 heavy (non-hydrogen) atoms. The van der Waals surface area contributed by atoms with Crippen molar-refractivity contribution < 1.29 is 27.9 Å². The highest BCUT2D eigenvalue weighted by molar-refractivity contribution is 5.75. The molecular weight excluding hydrogens is 325 g/mol. The molecule has 0 spiro atoms. The van der Waals surface area contributed by atoms with Crippen LogP contribution in [0, 0.1) is 0 Å². The minimum Gasteiger partial charge on any atom is -0.481 e. The van der Waals surface area contributed by atoms with E-state index in [0.717, 1.165) is 12.5 Å². The molecule has 0 saturated heterocycles. The second kappa shape index (κ2) is 7.55. The summed E-state index contributed by atoms with van der Waals surface area (Å²) in [6.45, 7) is -0.0301. The van der Waals surface area contributed by atoms with Crippen LogP contribution in [-0.4, -0.2) is 29.7 Å². The van der Waals surface area contributed by atoms with Gasteiger partial charge in [0.1, 0.15) is 0 Å². The third-order valence-corrected chi connectivity index (χ3v) is 4.12. The van der Waals surface area contributed by atoms with Crippen molar-refractivity contribution in [3.05, 3.63) is 35.4 Å². The summed E-state index contributed by atoms with van der Waals surface area (Å²) in [5.74, 6) is -1.44. The molecule has 8 heteroatoms. The zero-order valence-electron chi connectivity index (χ0n) is 12.9. The summed E-state index contributed by atoms with van der Waals surface area (Å²) < 4.78 is 39.5. The van der Waals surface area contributed by atoms with E-state index in [2.05, 4.69) is 10.6 Å². The SMILES string of the molecule is O=C(O)CCNC(=O)NC1CCCC1c1ccccc1C(F)(F)F. The highest BCUT2D eigenvalue weighted by Crippen LogP contribution is 2.41. The van der Waals surface area contributed by atoms with Gasteiger partial charge in [-0.1, -0.05) is 24.6 Å². The van der Waals surface area contributed by atoms with Crippen LogP contribution < -0.4 is 10.6 Å². The van der Waals surface area contributed by atoms with E-state index in [-0.39, 0.29) is 18.5 Å². The first kappa shape index (κ1) is 18.1. The molecule has 0 aliphatic heterocycles. The minimum atomic E-state index is -4.44. The molecular formula is C16H19F3N2O3. The lowest BCUT2D eigenvalue weighted by Gasteiger charge is -2.24. The van der Waals surface area contributed by atoms with Crippen LogP contribution in [0.2, 0.25) is 0 Å². The number of benzene rings is 1. The molecule has 2 rings (SSSR count). The molecule has 1 aliphatic rings. The molecule has 1 saturated carbocycles. The van der Waals surface area contributed by atoms with Gasteiger partial charge in [0.15, 0.2) is 0 Å². The lowest BCUT2D eigenvalue weighted by atomic mass is 9.90. The number of carboxylic acids is 1. The van der Waals surface area contributed by atoms with Gasteiger partial charge in [0.25, 0.3) is 0 Å². The van der Waals surface area contributed by atoms with E-state index >= 15 is 0 Å². The number of carboxylic acid groups (broad SMARTS) is 1. The Hall–Kier alpha value is -2.25. The normalized spacial score (nSPS) is 20.6. The van der Waals surface area contributed by atoms with E-state index < -0.39 is 35.7 Å². The lowest BCUT2D eigenvalue weighted by Crippen LogP contribution is -2.43. The maximum absolute atomic E-state index is 13.2. The van der Waals surface area contributed by atoms with Gasteiger partial charge in [-0.15, -0.1) is 0 Å². The van der Waals surface area contributed by atoms with Gasteiger partial charge in [-0.3, -0.25) is 4.79 Å². The minimum absolute atomic E-state index is 0.0301. The van der Waals surface area contributed by atoms with Crippen molar-refractivity contribution in [2.24, 2.45) is 0 Å². The fourth-order valence-electron chi connectivity index (χ4n) is 3.09. The number of rotatable bonds is 5. The molecule has 1 aliphatic carbocycles. The zero-order chi connectivity index (χ0) is 17.7. The summed E-state index contributed by atoms with van der Waals surface area (Å²) in [7, 11) is 0. The average molecular weight is 344 g/mol. The van der Waals surface area contributed by atoms with Crippen LogP contribution in [0.15, 0.2) is 24.3 Å². The van der Waals surface area contributed by atoms with Crippen LogP contribution >= 0.6 is 0 Å². The van der Waals surface area contributed by atoms with Crippen LogP contribution in [0.5, 0.6) is 0 Å². The van der Waals surface area contributed by atoms with Gasteiger partial charge in [-0.2, -0.15) is 13.2 Å². The molecule has 0 radical (unpaired) electrons. The van der Waals surface area contributed by atoms with E-state index in [4.69, 9.17) is 5.11 Å². The molecule has 2 unspecified atom stereocenters. The highest BCUT2D eigenvalue weighted by Gasteiger charge is 2.38. The second-order valence-electron chi connectivity index (χ2n) is 5.77. The predicted molar refractivity (Wildman–Crippen MR) is 80.6 cm³/mol. The van der Waals surface area contributed by atoms with Crippen LogP contribution in [0.1, 0.15) is 42.7 Å². The topological polar surface area (TPSA) is 78.4 Å². The number of carbonyl (C=O) groups is 2. The summed E-state index contributed by atoms with van der Waals surface area (Å²) >= 11 is 0. The molecule has 0 bridgehead atoms. The van der Waals surface area contributed by atoms with Crippen LogP contribution in [0.3, 0.4) is 0 Å². The Morgan fingerprint density at radius 3 is 2.58 bits per heavy atom. The van der Waals surface area contributed by atoms with Crippen LogP contribution in [0.4, 0.5) is 18.0 Å². The van der Waals surface area contributed by atoms with E-state index in [9.17, 15) is 22.8 Å². The van der Waals surface area contributed by atoms with E-state index in [1.807, 2.05) is 0 Å². The van der Waals surface area contributed by atoms with Gasteiger partial charge in [0.05, 0.1) is 12.0 Å². The number of amides is 2. The van der Waals surface area contributed by atoms with Gasteiger partial charge in [-0.05, 0) is 24.5 Å². The Labute approximate surface area is 137 Å². The summed E-state index contributed by atoms with van der Waals surface area (Å²) in [4.78, 5) is 22.2. The third-order valence-electron chi connectivity index (χ3n) is 4.12. The van der Waals surface area contributed by atoms with Gasteiger partial charge in [-0.25, -0.2) is 4.79 Å². The quantitative estimate of drug-likeness (QED) is 0.768. The average Bonchev–Trinajstić information content (AvgIpc) is 2.94. The number of halogens is 3. The molecule has 1 fully saturated rings. The third kappa shape index (κ3) is 4.62. The number of urea groups is 1. The van der Waals surface area contributed by atoms with Gasteiger partial charge in [0.2, 0.25) is 0 Å². The molecule has 132 valence electrons. The molecule has 5 nitrogen and oxygen atoms in total. The standard InChI is InChI=1S/C16H19F3N2O3/c17-16(18,19)12-6-2-1-4-10(12)11-5-3-7-13(11)21-15(24)20-9-8-14(22)23/h1-2,4,6,11,13H,3,5,7-9H2,(H,22,23)(H2,20,21,24).